The summed E-state index contributed by atoms with van der Waals surface area (Å²) in [5.74, 6) is 2.58. The van der Waals surface area contributed by atoms with Gasteiger partial charge in [-0.2, -0.15) is 12.6 Å². The molecule has 0 rings (SSSR count). The highest BCUT2D eigenvalue weighted by atomic mass is 32.1. The molecule has 0 amide bonds. The summed E-state index contributed by atoms with van der Waals surface area (Å²) in [5, 5.41) is 0. The standard InChI is InChI=1S/C13H29NS/c1-6-7-13(10-15)9-14(5)12(4)8-11(2)3/h11-13,15H,6-10H2,1-5H3. The molecule has 0 aromatic heterocycles. The molecule has 92 valence electrons. The molecule has 0 aromatic carbocycles. The van der Waals surface area contributed by atoms with Gasteiger partial charge in [0.25, 0.3) is 0 Å². The van der Waals surface area contributed by atoms with E-state index < -0.39 is 0 Å². The zero-order chi connectivity index (χ0) is 11.8. The average molecular weight is 231 g/mol. The van der Waals surface area contributed by atoms with Crippen molar-refractivity contribution in [1.82, 2.24) is 4.90 Å². The first kappa shape index (κ1) is 15.3. The van der Waals surface area contributed by atoms with Crippen molar-refractivity contribution in [3.8, 4) is 0 Å². The Morgan fingerprint density at radius 3 is 2.20 bits per heavy atom. The lowest BCUT2D eigenvalue weighted by atomic mass is 10.0. The van der Waals surface area contributed by atoms with Crippen LogP contribution < -0.4 is 0 Å². The van der Waals surface area contributed by atoms with E-state index in [9.17, 15) is 0 Å². The fourth-order valence-electron chi connectivity index (χ4n) is 2.10. The van der Waals surface area contributed by atoms with Gasteiger partial charge in [-0.15, -0.1) is 0 Å². The van der Waals surface area contributed by atoms with E-state index in [-0.39, 0.29) is 0 Å². The van der Waals surface area contributed by atoms with Gasteiger partial charge < -0.3 is 4.90 Å². The molecule has 0 aromatic rings. The third-order valence-electron chi connectivity index (χ3n) is 3.07. The minimum atomic E-state index is 0.698. The largest absolute Gasteiger partial charge is 0.303 e. The molecule has 0 radical (unpaired) electrons. The summed E-state index contributed by atoms with van der Waals surface area (Å²) in [4.78, 5) is 2.50. The van der Waals surface area contributed by atoms with Crippen LogP contribution in [-0.4, -0.2) is 30.3 Å². The van der Waals surface area contributed by atoms with Gasteiger partial charge in [0, 0.05) is 12.6 Å². The van der Waals surface area contributed by atoms with Crippen LogP contribution >= 0.6 is 12.6 Å². The van der Waals surface area contributed by atoms with Crippen molar-refractivity contribution in [1.29, 1.82) is 0 Å². The molecule has 0 N–H and O–H groups in total. The SMILES string of the molecule is CCCC(CS)CN(C)C(C)CC(C)C. The van der Waals surface area contributed by atoms with Gasteiger partial charge in [-0.1, -0.05) is 27.2 Å². The van der Waals surface area contributed by atoms with Crippen LogP contribution in [0.3, 0.4) is 0 Å². The number of rotatable bonds is 8. The van der Waals surface area contributed by atoms with Gasteiger partial charge in [0.05, 0.1) is 0 Å². The molecule has 15 heavy (non-hydrogen) atoms. The molecule has 0 aliphatic rings. The Morgan fingerprint density at radius 1 is 1.20 bits per heavy atom. The summed E-state index contributed by atoms with van der Waals surface area (Å²) in [6.45, 7) is 10.4. The highest BCUT2D eigenvalue weighted by Crippen LogP contribution is 2.14. The van der Waals surface area contributed by atoms with Gasteiger partial charge in [-0.3, -0.25) is 0 Å². The number of hydrogen-bond acceptors (Lipinski definition) is 2. The molecule has 0 heterocycles. The van der Waals surface area contributed by atoms with Crippen LogP contribution in [-0.2, 0) is 0 Å². The van der Waals surface area contributed by atoms with E-state index in [1.807, 2.05) is 0 Å². The number of hydrogen-bond donors (Lipinski definition) is 1. The van der Waals surface area contributed by atoms with Crippen LogP contribution in [0, 0.1) is 11.8 Å². The van der Waals surface area contributed by atoms with Crippen molar-refractivity contribution in [3.63, 3.8) is 0 Å². The first-order valence-corrected chi connectivity index (χ1v) is 6.95. The highest BCUT2D eigenvalue weighted by molar-refractivity contribution is 7.80. The summed E-state index contributed by atoms with van der Waals surface area (Å²) >= 11 is 4.44. The molecule has 2 unspecified atom stereocenters. The molecule has 0 bridgehead atoms. The highest BCUT2D eigenvalue weighted by Gasteiger charge is 2.15. The van der Waals surface area contributed by atoms with Gasteiger partial charge >= 0.3 is 0 Å². The topological polar surface area (TPSA) is 3.24 Å². The van der Waals surface area contributed by atoms with Gasteiger partial charge in [-0.25, -0.2) is 0 Å². The van der Waals surface area contributed by atoms with Crippen molar-refractivity contribution in [3.05, 3.63) is 0 Å². The van der Waals surface area contributed by atoms with Crippen molar-refractivity contribution in [2.75, 3.05) is 19.3 Å². The Morgan fingerprint density at radius 2 is 1.80 bits per heavy atom. The van der Waals surface area contributed by atoms with Gasteiger partial charge in [0.2, 0.25) is 0 Å². The maximum atomic E-state index is 4.44. The predicted molar refractivity (Wildman–Crippen MR) is 73.8 cm³/mol. The summed E-state index contributed by atoms with van der Waals surface area (Å²) in [6.07, 6.45) is 3.88. The van der Waals surface area contributed by atoms with E-state index in [0.29, 0.717) is 6.04 Å². The van der Waals surface area contributed by atoms with Crippen LogP contribution in [0.1, 0.15) is 47.0 Å². The maximum Gasteiger partial charge on any atom is 0.00664 e. The first-order valence-electron chi connectivity index (χ1n) is 6.32. The fourth-order valence-corrected chi connectivity index (χ4v) is 2.40. The molecule has 0 saturated carbocycles. The summed E-state index contributed by atoms with van der Waals surface area (Å²) in [5.41, 5.74) is 0. The van der Waals surface area contributed by atoms with Crippen molar-refractivity contribution < 1.29 is 0 Å². The van der Waals surface area contributed by atoms with Crippen molar-refractivity contribution >= 4 is 12.6 Å². The molecule has 0 saturated heterocycles. The quantitative estimate of drug-likeness (QED) is 0.623. The lowest BCUT2D eigenvalue weighted by molar-refractivity contribution is 0.198. The average Bonchev–Trinajstić information content (AvgIpc) is 2.15. The lowest BCUT2D eigenvalue weighted by Crippen LogP contribution is -2.35. The van der Waals surface area contributed by atoms with E-state index >= 15 is 0 Å². The number of nitrogens with zero attached hydrogens (tertiary/aromatic N) is 1. The third-order valence-corrected chi connectivity index (χ3v) is 3.58. The second-order valence-electron chi connectivity index (χ2n) is 5.26. The Bertz CT molecular complexity index is 147. The molecule has 1 nitrogen and oxygen atoms in total. The molecular weight excluding hydrogens is 202 g/mol. The van der Waals surface area contributed by atoms with E-state index in [1.54, 1.807) is 0 Å². The monoisotopic (exact) mass is 231 g/mol. The second-order valence-corrected chi connectivity index (χ2v) is 5.62. The van der Waals surface area contributed by atoms with Gasteiger partial charge in [-0.05, 0) is 44.4 Å². The van der Waals surface area contributed by atoms with Crippen LogP contribution in [0.15, 0.2) is 0 Å². The van der Waals surface area contributed by atoms with Gasteiger partial charge in [0.1, 0.15) is 0 Å². The molecule has 2 atom stereocenters. The molecule has 0 aliphatic carbocycles. The Hall–Kier alpha value is 0.310. The fraction of sp³-hybridized carbons (Fsp3) is 1.00. The molecule has 0 spiro atoms. The zero-order valence-electron chi connectivity index (χ0n) is 11.2. The minimum absolute atomic E-state index is 0.698. The van der Waals surface area contributed by atoms with Crippen LogP contribution in [0.25, 0.3) is 0 Å². The van der Waals surface area contributed by atoms with E-state index in [4.69, 9.17) is 0 Å². The normalized spacial score (nSPS) is 16.0. The van der Waals surface area contributed by atoms with Crippen LogP contribution in [0.5, 0.6) is 0 Å². The van der Waals surface area contributed by atoms with E-state index in [0.717, 1.165) is 17.6 Å². The van der Waals surface area contributed by atoms with Crippen molar-refractivity contribution in [2.45, 2.75) is 53.0 Å². The van der Waals surface area contributed by atoms with Crippen LogP contribution in [0.4, 0.5) is 0 Å². The first-order chi connectivity index (χ1) is 7.01. The molecular formula is C13H29NS. The predicted octanol–water partition coefficient (Wildman–Crippen LogP) is 3.70. The Balaban J connectivity index is 3.91. The van der Waals surface area contributed by atoms with Gasteiger partial charge in [0.15, 0.2) is 0 Å². The molecule has 0 aliphatic heterocycles. The van der Waals surface area contributed by atoms with Crippen molar-refractivity contribution in [2.24, 2.45) is 11.8 Å². The Labute approximate surface area is 102 Å². The molecule has 0 fully saturated rings. The second kappa shape index (κ2) is 8.46. The summed E-state index contributed by atoms with van der Waals surface area (Å²) < 4.78 is 0. The van der Waals surface area contributed by atoms with E-state index in [2.05, 4.69) is 52.3 Å². The third kappa shape index (κ3) is 7.24. The van der Waals surface area contributed by atoms with Crippen LogP contribution in [0.2, 0.25) is 0 Å². The summed E-state index contributed by atoms with van der Waals surface area (Å²) in [7, 11) is 2.25. The number of thiol groups is 1. The summed E-state index contributed by atoms with van der Waals surface area (Å²) in [6, 6.07) is 0.698. The Kier molecular flexibility index (Phi) is 8.64. The minimum Gasteiger partial charge on any atom is -0.303 e. The van der Waals surface area contributed by atoms with E-state index in [1.165, 1.54) is 25.8 Å². The zero-order valence-corrected chi connectivity index (χ0v) is 12.1. The smallest absolute Gasteiger partial charge is 0.00664 e. The maximum absolute atomic E-state index is 4.44. The molecule has 2 heteroatoms. The lowest BCUT2D eigenvalue weighted by Gasteiger charge is -2.29.